The van der Waals surface area contributed by atoms with Gasteiger partial charge < -0.3 is 21.5 Å². The van der Waals surface area contributed by atoms with Crippen LogP contribution in [0.25, 0.3) is 0 Å². The number of anilines is 2. The number of unbranched alkanes of at least 4 members (excludes halogenated alkanes) is 2. The lowest BCUT2D eigenvalue weighted by Gasteiger charge is -2.07. The Morgan fingerprint density at radius 2 is 2.17 bits per heavy atom. The van der Waals surface area contributed by atoms with Gasteiger partial charge in [-0.2, -0.15) is 0 Å². The normalized spacial score (nSPS) is 10.1. The van der Waals surface area contributed by atoms with Crippen molar-refractivity contribution in [1.82, 2.24) is 4.98 Å². The van der Waals surface area contributed by atoms with Crippen molar-refractivity contribution < 1.29 is 9.90 Å². The number of aliphatic hydroxyl groups is 1. The summed E-state index contributed by atoms with van der Waals surface area (Å²) in [4.78, 5) is 15.2. The SMILES string of the molecule is NCC(=O)Nc1ccc(NCCCCCO)nc1. The van der Waals surface area contributed by atoms with E-state index < -0.39 is 0 Å². The second-order valence-electron chi connectivity index (χ2n) is 3.90. The number of carbonyl (C=O) groups excluding carboxylic acids is 1. The number of carbonyl (C=O) groups is 1. The molecule has 1 rings (SSSR count). The summed E-state index contributed by atoms with van der Waals surface area (Å²) in [5.74, 6) is 0.534. The minimum absolute atomic E-state index is 0.0368. The maximum absolute atomic E-state index is 11.0. The van der Waals surface area contributed by atoms with Crippen molar-refractivity contribution in [2.24, 2.45) is 5.73 Å². The summed E-state index contributed by atoms with van der Waals surface area (Å²) in [5, 5.41) is 14.4. The number of amides is 1. The third-order valence-electron chi connectivity index (χ3n) is 2.37. The molecule has 0 saturated carbocycles. The highest BCUT2D eigenvalue weighted by Gasteiger charge is 1.99. The summed E-state index contributed by atoms with van der Waals surface area (Å²) in [5.41, 5.74) is 5.83. The van der Waals surface area contributed by atoms with Crippen LogP contribution in [0.1, 0.15) is 19.3 Å². The van der Waals surface area contributed by atoms with Crippen molar-refractivity contribution in [2.45, 2.75) is 19.3 Å². The summed E-state index contributed by atoms with van der Waals surface area (Å²) in [6.45, 7) is 1.03. The van der Waals surface area contributed by atoms with Crippen LogP contribution in [-0.4, -0.2) is 35.7 Å². The van der Waals surface area contributed by atoms with Gasteiger partial charge in [-0.3, -0.25) is 4.79 Å². The molecule has 0 saturated heterocycles. The fraction of sp³-hybridized carbons (Fsp3) is 0.500. The number of nitrogens with one attached hydrogen (secondary N) is 2. The molecule has 1 heterocycles. The maximum Gasteiger partial charge on any atom is 0.238 e. The number of nitrogens with two attached hydrogens (primary N) is 1. The summed E-state index contributed by atoms with van der Waals surface area (Å²) < 4.78 is 0. The Morgan fingerprint density at radius 3 is 2.78 bits per heavy atom. The van der Waals surface area contributed by atoms with Crippen molar-refractivity contribution in [2.75, 3.05) is 30.3 Å². The lowest BCUT2D eigenvalue weighted by atomic mass is 10.2. The summed E-state index contributed by atoms with van der Waals surface area (Å²) in [6.07, 6.45) is 4.41. The van der Waals surface area contributed by atoms with Crippen LogP contribution in [0.5, 0.6) is 0 Å². The smallest absolute Gasteiger partial charge is 0.238 e. The third-order valence-corrected chi connectivity index (χ3v) is 2.37. The number of nitrogens with zero attached hydrogens (tertiary/aromatic N) is 1. The molecule has 0 aromatic carbocycles. The number of aliphatic hydroxyl groups excluding tert-OH is 1. The van der Waals surface area contributed by atoms with E-state index >= 15 is 0 Å². The van der Waals surface area contributed by atoms with E-state index in [9.17, 15) is 4.79 Å². The Balaban J connectivity index is 2.29. The van der Waals surface area contributed by atoms with Gasteiger partial charge in [-0.1, -0.05) is 0 Å². The van der Waals surface area contributed by atoms with Crippen molar-refractivity contribution in [3.05, 3.63) is 18.3 Å². The topological polar surface area (TPSA) is 100 Å². The van der Waals surface area contributed by atoms with Crippen LogP contribution in [0.2, 0.25) is 0 Å². The first-order valence-corrected chi connectivity index (χ1v) is 6.07. The van der Waals surface area contributed by atoms with Crippen LogP contribution < -0.4 is 16.4 Å². The lowest BCUT2D eigenvalue weighted by Crippen LogP contribution is -2.21. The molecular formula is C12H20N4O2. The zero-order chi connectivity index (χ0) is 13.2. The van der Waals surface area contributed by atoms with Crippen LogP contribution in [0.15, 0.2) is 18.3 Å². The maximum atomic E-state index is 11.0. The Kier molecular flexibility index (Phi) is 6.75. The molecule has 1 aromatic heterocycles. The van der Waals surface area contributed by atoms with Crippen LogP contribution in [0.3, 0.4) is 0 Å². The third kappa shape index (κ3) is 5.60. The minimum atomic E-state index is -0.235. The van der Waals surface area contributed by atoms with Gasteiger partial charge in [-0.05, 0) is 31.4 Å². The van der Waals surface area contributed by atoms with E-state index in [0.717, 1.165) is 31.6 Å². The molecule has 5 N–H and O–H groups in total. The molecule has 0 aliphatic carbocycles. The molecule has 0 radical (unpaired) electrons. The van der Waals surface area contributed by atoms with Crippen LogP contribution in [-0.2, 0) is 4.79 Å². The molecule has 18 heavy (non-hydrogen) atoms. The summed E-state index contributed by atoms with van der Waals surface area (Å²) >= 11 is 0. The molecule has 1 aromatic rings. The molecule has 0 atom stereocenters. The van der Waals surface area contributed by atoms with E-state index in [1.54, 1.807) is 18.3 Å². The largest absolute Gasteiger partial charge is 0.396 e. The van der Waals surface area contributed by atoms with Gasteiger partial charge in [0, 0.05) is 13.2 Å². The van der Waals surface area contributed by atoms with Crippen molar-refractivity contribution in [3.63, 3.8) is 0 Å². The second-order valence-corrected chi connectivity index (χ2v) is 3.90. The summed E-state index contributed by atoms with van der Waals surface area (Å²) in [6, 6.07) is 3.58. The van der Waals surface area contributed by atoms with Gasteiger partial charge in [-0.15, -0.1) is 0 Å². The van der Waals surface area contributed by atoms with Gasteiger partial charge in [0.25, 0.3) is 0 Å². The first kappa shape index (κ1) is 14.4. The molecule has 0 unspecified atom stereocenters. The Hall–Kier alpha value is -1.66. The zero-order valence-electron chi connectivity index (χ0n) is 10.4. The fourth-order valence-electron chi connectivity index (χ4n) is 1.41. The predicted octanol–water partition coefficient (Wildman–Crippen LogP) is 0.553. The Morgan fingerprint density at radius 1 is 1.33 bits per heavy atom. The van der Waals surface area contributed by atoms with Gasteiger partial charge in [-0.25, -0.2) is 4.98 Å². The van der Waals surface area contributed by atoms with Gasteiger partial charge in [0.15, 0.2) is 0 Å². The number of rotatable bonds is 8. The standard InChI is InChI=1S/C12H20N4O2/c13-8-12(18)16-10-4-5-11(15-9-10)14-6-2-1-3-7-17/h4-5,9,17H,1-3,6-8,13H2,(H,14,15)(H,16,18). The number of pyridine rings is 1. The monoisotopic (exact) mass is 252 g/mol. The molecule has 100 valence electrons. The van der Waals surface area contributed by atoms with Crippen LogP contribution in [0, 0.1) is 0 Å². The highest BCUT2D eigenvalue weighted by atomic mass is 16.2. The Labute approximate surface area is 107 Å². The molecule has 1 amide bonds. The van der Waals surface area contributed by atoms with E-state index in [1.807, 2.05) is 0 Å². The van der Waals surface area contributed by atoms with Crippen LogP contribution in [0.4, 0.5) is 11.5 Å². The van der Waals surface area contributed by atoms with Gasteiger partial charge in [0.2, 0.25) is 5.91 Å². The lowest BCUT2D eigenvalue weighted by molar-refractivity contribution is -0.114. The quantitative estimate of drug-likeness (QED) is 0.506. The molecule has 0 bridgehead atoms. The summed E-state index contributed by atoms with van der Waals surface area (Å²) in [7, 11) is 0. The average molecular weight is 252 g/mol. The average Bonchev–Trinajstić information content (AvgIpc) is 2.40. The second kappa shape index (κ2) is 8.43. The minimum Gasteiger partial charge on any atom is -0.396 e. The fourth-order valence-corrected chi connectivity index (χ4v) is 1.41. The molecular weight excluding hydrogens is 232 g/mol. The van der Waals surface area contributed by atoms with E-state index in [0.29, 0.717) is 5.69 Å². The van der Waals surface area contributed by atoms with Crippen molar-refractivity contribution >= 4 is 17.4 Å². The Bertz CT molecular complexity index is 354. The van der Waals surface area contributed by atoms with Crippen molar-refractivity contribution in [3.8, 4) is 0 Å². The van der Waals surface area contributed by atoms with E-state index in [4.69, 9.17) is 10.8 Å². The highest BCUT2D eigenvalue weighted by Crippen LogP contribution is 2.09. The van der Waals surface area contributed by atoms with Crippen LogP contribution >= 0.6 is 0 Å². The van der Waals surface area contributed by atoms with E-state index in [2.05, 4.69) is 15.6 Å². The molecule has 0 aliphatic rings. The predicted molar refractivity (Wildman–Crippen MR) is 71.3 cm³/mol. The molecule has 6 nitrogen and oxygen atoms in total. The molecule has 0 spiro atoms. The van der Waals surface area contributed by atoms with Gasteiger partial charge in [0.1, 0.15) is 5.82 Å². The first-order chi connectivity index (χ1) is 8.76. The van der Waals surface area contributed by atoms with Crippen molar-refractivity contribution in [1.29, 1.82) is 0 Å². The van der Waals surface area contributed by atoms with E-state index in [1.165, 1.54) is 0 Å². The van der Waals surface area contributed by atoms with E-state index in [-0.39, 0.29) is 19.1 Å². The van der Waals surface area contributed by atoms with Gasteiger partial charge in [0.05, 0.1) is 18.4 Å². The first-order valence-electron chi connectivity index (χ1n) is 6.07. The highest BCUT2D eigenvalue weighted by molar-refractivity contribution is 5.91. The molecule has 0 aliphatic heterocycles. The number of hydrogen-bond acceptors (Lipinski definition) is 5. The number of hydrogen-bond donors (Lipinski definition) is 4. The zero-order valence-corrected chi connectivity index (χ0v) is 10.4. The number of aromatic nitrogens is 1. The van der Waals surface area contributed by atoms with Gasteiger partial charge >= 0.3 is 0 Å². The molecule has 6 heteroatoms. The molecule has 0 fully saturated rings.